The van der Waals surface area contributed by atoms with Gasteiger partial charge in [0.05, 0.1) is 11.4 Å². The number of carbonyl (C=O) groups excluding carboxylic acids is 1. The highest BCUT2D eigenvalue weighted by Crippen LogP contribution is 2.28. The molecular formula is C22H25N3O2S. The third kappa shape index (κ3) is 4.07. The van der Waals surface area contributed by atoms with Crippen molar-refractivity contribution in [3.8, 4) is 5.69 Å². The van der Waals surface area contributed by atoms with Crippen LogP contribution in [-0.4, -0.2) is 26.2 Å². The minimum atomic E-state index is -1.51. The summed E-state index contributed by atoms with van der Waals surface area (Å²) in [5, 5.41) is 4.26. The molecule has 0 fully saturated rings. The zero-order valence-electron chi connectivity index (χ0n) is 16.8. The van der Waals surface area contributed by atoms with Gasteiger partial charge in [-0.05, 0) is 53.8 Å². The van der Waals surface area contributed by atoms with Crippen LogP contribution >= 0.6 is 0 Å². The summed E-state index contributed by atoms with van der Waals surface area (Å²) in [6.45, 7) is 8.29. The maximum absolute atomic E-state index is 13.3. The van der Waals surface area contributed by atoms with Gasteiger partial charge in [0.2, 0.25) is 0 Å². The van der Waals surface area contributed by atoms with Gasteiger partial charge in [0, 0.05) is 24.2 Å². The molecule has 0 radical (unpaired) electrons. The number of benzene rings is 2. The third-order valence-electron chi connectivity index (χ3n) is 4.60. The van der Waals surface area contributed by atoms with Crippen LogP contribution in [0.1, 0.15) is 42.3 Å². The zero-order valence-corrected chi connectivity index (χ0v) is 17.7. The molecule has 0 aliphatic carbocycles. The van der Waals surface area contributed by atoms with Crippen LogP contribution in [0.3, 0.4) is 0 Å². The minimum absolute atomic E-state index is 0.0723. The van der Waals surface area contributed by atoms with Crippen LogP contribution in [0.15, 0.2) is 60.9 Å². The van der Waals surface area contributed by atoms with Gasteiger partial charge in [-0.15, -0.1) is 0 Å². The topological polar surface area (TPSA) is 55.2 Å². The Hall–Kier alpha value is -2.73. The summed E-state index contributed by atoms with van der Waals surface area (Å²) >= 11 is 0. The molecule has 3 aromatic rings. The number of amides is 1. The van der Waals surface area contributed by atoms with Crippen molar-refractivity contribution in [3.05, 3.63) is 77.6 Å². The number of aryl methyl sites for hydroxylation is 1. The first-order chi connectivity index (χ1) is 13.2. The monoisotopic (exact) mass is 395 g/mol. The lowest BCUT2D eigenvalue weighted by Gasteiger charge is -2.24. The molecule has 5 nitrogen and oxygen atoms in total. The predicted octanol–water partition coefficient (Wildman–Crippen LogP) is 4.42. The molecule has 3 rings (SSSR count). The van der Waals surface area contributed by atoms with Gasteiger partial charge in [-0.25, -0.2) is 13.2 Å². The molecule has 0 saturated carbocycles. The van der Waals surface area contributed by atoms with E-state index in [1.807, 2.05) is 49.5 Å². The van der Waals surface area contributed by atoms with Gasteiger partial charge in [0.15, 0.2) is 0 Å². The Morgan fingerprint density at radius 3 is 2.46 bits per heavy atom. The van der Waals surface area contributed by atoms with Gasteiger partial charge in [0.25, 0.3) is 5.91 Å². The van der Waals surface area contributed by atoms with E-state index in [0.717, 1.165) is 16.8 Å². The van der Waals surface area contributed by atoms with Crippen molar-refractivity contribution in [2.45, 2.75) is 33.1 Å². The summed E-state index contributed by atoms with van der Waals surface area (Å²) in [7, 11) is -1.51. The first-order valence-electron chi connectivity index (χ1n) is 9.07. The molecule has 1 aromatic heterocycles. The number of anilines is 1. The Kier molecular flexibility index (Phi) is 5.52. The summed E-state index contributed by atoms with van der Waals surface area (Å²) in [4.78, 5) is 13.3. The second-order valence-electron chi connectivity index (χ2n) is 7.78. The number of hydrogen-bond donors (Lipinski definition) is 0. The van der Waals surface area contributed by atoms with Crippen molar-refractivity contribution in [2.24, 2.45) is 0 Å². The third-order valence-corrected chi connectivity index (χ3v) is 5.49. The molecule has 2 aromatic carbocycles. The molecule has 146 valence electrons. The van der Waals surface area contributed by atoms with Crippen molar-refractivity contribution >= 4 is 22.6 Å². The average Bonchev–Trinajstić information content (AvgIpc) is 3.16. The molecule has 1 amide bonds. The van der Waals surface area contributed by atoms with Crippen LogP contribution in [0.4, 0.5) is 5.69 Å². The Labute approximate surface area is 168 Å². The maximum atomic E-state index is 13.3. The van der Waals surface area contributed by atoms with Crippen LogP contribution in [0.5, 0.6) is 0 Å². The van der Waals surface area contributed by atoms with E-state index < -0.39 is 11.0 Å². The number of carbonyl (C=O) groups is 1. The first kappa shape index (κ1) is 20.0. The second kappa shape index (κ2) is 7.72. The van der Waals surface area contributed by atoms with Gasteiger partial charge >= 0.3 is 0 Å². The van der Waals surface area contributed by atoms with Crippen molar-refractivity contribution in [1.29, 1.82) is 0 Å². The largest absolute Gasteiger partial charge is 0.270 e. The smallest absolute Gasteiger partial charge is 0.268 e. The predicted molar refractivity (Wildman–Crippen MR) is 114 cm³/mol. The van der Waals surface area contributed by atoms with Gasteiger partial charge in [-0.3, -0.25) is 4.79 Å². The van der Waals surface area contributed by atoms with E-state index in [-0.39, 0.29) is 11.3 Å². The Balaban J connectivity index is 2.04. The fourth-order valence-corrected chi connectivity index (χ4v) is 3.75. The number of hydrogen-bond acceptors (Lipinski definition) is 3. The van der Waals surface area contributed by atoms with E-state index in [1.165, 1.54) is 10.6 Å². The molecule has 0 aliphatic heterocycles. The van der Waals surface area contributed by atoms with E-state index in [2.05, 4.69) is 25.9 Å². The molecular weight excluding hydrogens is 370 g/mol. The van der Waals surface area contributed by atoms with Crippen LogP contribution in [-0.2, 0) is 16.4 Å². The molecule has 6 heteroatoms. The van der Waals surface area contributed by atoms with E-state index in [1.54, 1.807) is 23.0 Å². The second-order valence-corrected chi connectivity index (χ2v) is 8.99. The van der Waals surface area contributed by atoms with Gasteiger partial charge in [-0.2, -0.15) is 5.10 Å². The van der Waals surface area contributed by atoms with Crippen molar-refractivity contribution in [1.82, 2.24) is 9.78 Å². The van der Waals surface area contributed by atoms with E-state index in [9.17, 15) is 9.00 Å². The Bertz CT molecular complexity index is 1020. The van der Waals surface area contributed by atoms with Crippen LogP contribution in [0.2, 0.25) is 0 Å². The molecule has 1 unspecified atom stereocenters. The molecule has 0 N–H and O–H groups in total. The Morgan fingerprint density at radius 1 is 1.11 bits per heavy atom. The van der Waals surface area contributed by atoms with Crippen molar-refractivity contribution < 1.29 is 9.00 Å². The fraction of sp³-hybridized carbons (Fsp3) is 0.273. The summed E-state index contributed by atoms with van der Waals surface area (Å²) in [6.07, 6.45) is 5.04. The lowest BCUT2D eigenvalue weighted by molar-refractivity contribution is 0.101. The van der Waals surface area contributed by atoms with Crippen molar-refractivity contribution in [2.75, 3.05) is 10.6 Å². The molecule has 0 bridgehead atoms. The van der Waals surface area contributed by atoms with Gasteiger partial charge in [0.1, 0.15) is 11.0 Å². The number of aromatic nitrogens is 2. The maximum Gasteiger partial charge on any atom is 0.270 e. The zero-order chi connectivity index (χ0) is 20.5. The minimum Gasteiger partial charge on any atom is -0.268 e. The lowest BCUT2D eigenvalue weighted by Crippen LogP contribution is -2.32. The van der Waals surface area contributed by atoms with Crippen LogP contribution in [0, 0.1) is 6.92 Å². The molecule has 0 saturated heterocycles. The van der Waals surface area contributed by atoms with Crippen molar-refractivity contribution in [3.63, 3.8) is 0 Å². The summed E-state index contributed by atoms with van der Waals surface area (Å²) in [6, 6.07) is 14.9. The SMILES string of the molecule is Cc1ccc(C(=O)N(c2cccc(C(C)(C)C)c2)S(C)=O)cc1-n1cccn1. The molecule has 0 spiro atoms. The summed E-state index contributed by atoms with van der Waals surface area (Å²) in [5.41, 5.74) is 3.92. The number of rotatable bonds is 4. The Morgan fingerprint density at radius 2 is 1.86 bits per heavy atom. The summed E-state index contributed by atoms with van der Waals surface area (Å²) < 4.78 is 15.6. The normalized spacial score (nSPS) is 12.6. The van der Waals surface area contributed by atoms with Crippen LogP contribution in [0.25, 0.3) is 5.69 Å². The average molecular weight is 396 g/mol. The fourth-order valence-electron chi connectivity index (χ4n) is 3.00. The molecule has 1 atom stereocenters. The van der Waals surface area contributed by atoms with E-state index in [4.69, 9.17) is 0 Å². The van der Waals surface area contributed by atoms with E-state index >= 15 is 0 Å². The standard InChI is InChI=1S/C22H25N3O2S/c1-16-10-11-17(14-20(16)24-13-7-12-23-24)21(26)25(28(5)27)19-9-6-8-18(15-19)22(2,3)4/h6-15H,1-5H3. The van der Waals surface area contributed by atoms with Crippen LogP contribution < -0.4 is 4.31 Å². The molecule has 28 heavy (non-hydrogen) atoms. The van der Waals surface area contributed by atoms with E-state index in [0.29, 0.717) is 11.3 Å². The summed E-state index contributed by atoms with van der Waals surface area (Å²) in [5.74, 6) is -0.305. The highest BCUT2D eigenvalue weighted by atomic mass is 32.2. The van der Waals surface area contributed by atoms with Gasteiger partial charge < -0.3 is 0 Å². The number of nitrogens with zero attached hydrogens (tertiary/aromatic N) is 3. The lowest BCUT2D eigenvalue weighted by atomic mass is 9.87. The highest BCUT2D eigenvalue weighted by molar-refractivity contribution is 7.86. The highest BCUT2D eigenvalue weighted by Gasteiger charge is 2.24. The molecule has 0 aliphatic rings. The first-order valence-corrected chi connectivity index (χ1v) is 10.6. The quantitative estimate of drug-likeness (QED) is 0.657. The van der Waals surface area contributed by atoms with Gasteiger partial charge in [-0.1, -0.05) is 39.0 Å². The molecule has 1 heterocycles.